The Balaban J connectivity index is 0.00000363. The summed E-state index contributed by atoms with van der Waals surface area (Å²) >= 11 is 0. The van der Waals surface area contributed by atoms with Crippen molar-refractivity contribution in [3.05, 3.63) is 30.3 Å². The first-order chi connectivity index (χ1) is 15.1. The number of guanidine groups is 1. The molecular formula is C24H42IN5OS. The number of halogens is 1. The number of benzene rings is 1. The third-order valence-electron chi connectivity index (χ3n) is 6.54. The molecule has 3 rings (SSSR count). The Kier molecular flexibility index (Phi) is 12.3. The van der Waals surface area contributed by atoms with Crippen LogP contribution in [0.15, 0.2) is 35.3 Å². The normalized spacial score (nSPS) is 24.3. The highest BCUT2D eigenvalue weighted by Crippen LogP contribution is 2.23. The molecule has 1 aliphatic heterocycles. The molecule has 0 bridgehead atoms. The number of anilines is 1. The van der Waals surface area contributed by atoms with Gasteiger partial charge in [-0.1, -0.05) is 31.5 Å². The largest absolute Gasteiger partial charge is 0.369 e. The molecule has 1 saturated carbocycles. The van der Waals surface area contributed by atoms with Gasteiger partial charge in [-0.3, -0.25) is 14.1 Å². The monoisotopic (exact) mass is 575 g/mol. The minimum Gasteiger partial charge on any atom is -0.369 e. The summed E-state index contributed by atoms with van der Waals surface area (Å²) in [6.45, 7) is 12.3. The first-order valence-electron chi connectivity index (χ1n) is 12.1. The van der Waals surface area contributed by atoms with Crippen LogP contribution in [0.3, 0.4) is 0 Å². The molecule has 1 aromatic carbocycles. The molecular weight excluding hydrogens is 533 g/mol. The Morgan fingerprint density at radius 2 is 1.88 bits per heavy atom. The van der Waals surface area contributed by atoms with Gasteiger partial charge in [0.1, 0.15) is 0 Å². The van der Waals surface area contributed by atoms with Crippen LogP contribution in [0.2, 0.25) is 0 Å². The van der Waals surface area contributed by atoms with Gasteiger partial charge >= 0.3 is 0 Å². The van der Waals surface area contributed by atoms with Crippen molar-refractivity contribution < 1.29 is 4.21 Å². The second-order valence-corrected chi connectivity index (χ2v) is 10.7. The highest BCUT2D eigenvalue weighted by Gasteiger charge is 2.26. The Morgan fingerprint density at radius 3 is 2.53 bits per heavy atom. The Morgan fingerprint density at radius 1 is 1.16 bits per heavy atom. The number of nitrogens with zero attached hydrogens (tertiary/aromatic N) is 3. The molecule has 0 aromatic heterocycles. The SMILES string of the molecule is CCNC(=NCC(C)N1CCN(c2ccccc2)CC1)NC1CCCC(S(=O)CC)C1.I. The van der Waals surface area contributed by atoms with Crippen LogP contribution in [0, 0.1) is 0 Å². The van der Waals surface area contributed by atoms with Crippen molar-refractivity contribution in [2.24, 2.45) is 4.99 Å². The van der Waals surface area contributed by atoms with Crippen LogP contribution < -0.4 is 15.5 Å². The number of nitrogens with one attached hydrogen (secondary N) is 2. The van der Waals surface area contributed by atoms with Gasteiger partial charge in [0.15, 0.2) is 5.96 Å². The van der Waals surface area contributed by atoms with Gasteiger partial charge in [0, 0.05) is 72.3 Å². The number of para-hydroxylation sites is 1. The minimum atomic E-state index is -0.695. The van der Waals surface area contributed by atoms with Crippen molar-refractivity contribution in [2.45, 2.75) is 63.8 Å². The number of hydrogen-bond donors (Lipinski definition) is 2. The van der Waals surface area contributed by atoms with E-state index in [1.807, 2.05) is 6.92 Å². The maximum atomic E-state index is 12.3. The summed E-state index contributed by atoms with van der Waals surface area (Å²) in [4.78, 5) is 9.93. The third kappa shape index (κ3) is 8.17. The molecule has 2 N–H and O–H groups in total. The van der Waals surface area contributed by atoms with Crippen LogP contribution in [0.25, 0.3) is 0 Å². The summed E-state index contributed by atoms with van der Waals surface area (Å²) in [5.74, 6) is 1.67. The molecule has 2 aliphatic rings. The summed E-state index contributed by atoms with van der Waals surface area (Å²) < 4.78 is 12.3. The Bertz CT molecular complexity index is 712. The van der Waals surface area contributed by atoms with E-state index in [4.69, 9.17) is 4.99 Å². The van der Waals surface area contributed by atoms with Crippen LogP contribution in [-0.2, 0) is 10.8 Å². The highest BCUT2D eigenvalue weighted by atomic mass is 127. The van der Waals surface area contributed by atoms with E-state index in [0.717, 1.165) is 76.7 Å². The number of piperazine rings is 1. The quantitative estimate of drug-likeness (QED) is 0.283. The van der Waals surface area contributed by atoms with Gasteiger partial charge in [-0.2, -0.15) is 0 Å². The van der Waals surface area contributed by atoms with E-state index >= 15 is 0 Å². The first kappa shape index (κ1) is 27.4. The van der Waals surface area contributed by atoms with Crippen molar-refractivity contribution in [1.82, 2.24) is 15.5 Å². The predicted molar refractivity (Wildman–Crippen MR) is 149 cm³/mol. The van der Waals surface area contributed by atoms with Crippen LogP contribution in [0.4, 0.5) is 5.69 Å². The van der Waals surface area contributed by atoms with Gasteiger partial charge in [0.2, 0.25) is 0 Å². The Labute approximate surface area is 214 Å². The molecule has 4 atom stereocenters. The third-order valence-corrected chi connectivity index (χ3v) is 8.28. The highest BCUT2D eigenvalue weighted by molar-refractivity contribution is 14.0. The first-order valence-corrected chi connectivity index (χ1v) is 13.4. The maximum Gasteiger partial charge on any atom is 0.191 e. The van der Waals surface area contributed by atoms with Crippen molar-refractivity contribution in [2.75, 3.05) is 49.9 Å². The average Bonchev–Trinajstić information content (AvgIpc) is 2.83. The number of rotatable bonds is 8. The number of aliphatic imine (C=N–C) groups is 1. The molecule has 1 aromatic rings. The van der Waals surface area contributed by atoms with Gasteiger partial charge in [-0.05, 0) is 45.2 Å². The van der Waals surface area contributed by atoms with E-state index < -0.39 is 10.8 Å². The predicted octanol–water partition coefficient (Wildman–Crippen LogP) is 3.45. The molecule has 0 spiro atoms. The fourth-order valence-corrected chi connectivity index (χ4v) is 6.01. The topological polar surface area (TPSA) is 60.0 Å². The summed E-state index contributed by atoms with van der Waals surface area (Å²) in [6.07, 6.45) is 4.37. The lowest BCUT2D eigenvalue weighted by Gasteiger charge is -2.38. The van der Waals surface area contributed by atoms with Gasteiger partial charge in [-0.25, -0.2) is 0 Å². The molecule has 1 heterocycles. The second kappa shape index (κ2) is 14.4. The smallest absolute Gasteiger partial charge is 0.191 e. The molecule has 32 heavy (non-hydrogen) atoms. The van der Waals surface area contributed by atoms with Crippen LogP contribution in [-0.4, -0.2) is 77.4 Å². The van der Waals surface area contributed by atoms with Gasteiger partial charge in [0.25, 0.3) is 0 Å². The van der Waals surface area contributed by atoms with Crippen molar-refractivity contribution >= 4 is 46.4 Å². The van der Waals surface area contributed by atoms with Crippen LogP contribution in [0.5, 0.6) is 0 Å². The summed E-state index contributed by atoms with van der Waals surface area (Å²) in [6, 6.07) is 11.5. The molecule has 0 amide bonds. The van der Waals surface area contributed by atoms with Crippen LogP contribution >= 0.6 is 24.0 Å². The van der Waals surface area contributed by atoms with E-state index in [9.17, 15) is 4.21 Å². The summed E-state index contributed by atoms with van der Waals surface area (Å²) in [5.41, 5.74) is 1.32. The van der Waals surface area contributed by atoms with Gasteiger partial charge in [-0.15, -0.1) is 24.0 Å². The second-order valence-electron chi connectivity index (χ2n) is 8.73. The van der Waals surface area contributed by atoms with Crippen molar-refractivity contribution in [3.63, 3.8) is 0 Å². The van der Waals surface area contributed by atoms with Crippen molar-refractivity contribution in [3.8, 4) is 0 Å². The average molecular weight is 576 g/mol. The fourth-order valence-electron chi connectivity index (χ4n) is 4.66. The van der Waals surface area contributed by atoms with E-state index in [2.05, 4.69) is 64.6 Å². The molecule has 6 nitrogen and oxygen atoms in total. The molecule has 1 aliphatic carbocycles. The lowest BCUT2D eigenvalue weighted by atomic mass is 9.95. The molecule has 4 unspecified atom stereocenters. The summed E-state index contributed by atoms with van der Waals surface area (Å²) in [7, 11) is -0.695. The van der Waals surface area contributed by atoms with E-state index in [1.54, 1.807) is 0 Å². The van der Waals surface area contributed by atoms with Gasteiger partial charge in [0.05, 0.1) is 6.54 Å². The molecule has 1 saturated heterocycles. The van der Waals surface area contributed by atoms with E-state index in [1.165, 1.54) is 5.69 Å². The molecule has 182 valence electrons. The van der Waals surface area contributed by atoms with Crippen molar-refractivity contribution in [1.29, 1.82) is 0 Å². The van der Waals surface area contributed by atoms with Crippen LogP contribution in [0.1, 0.15) is 46.5 Å². The standard InChI is InChI=1S/C24H41N5OS.HI/c1-4-25-24(27-21-10-9-13-23(18-21)31(30)5-2)26-19-20(3)28-14-16-29(17-15-28)22-11-7-6-8-12-22;/h6-8,11-12,20-21,23H,4-5,9-10,13-19H2,1-3H3,(H2,25,26,27);1H. The zero-order valence-corrected chi connectivity index (χ0v) is 23.1. The number of hydrogen-bond acceptors (Lipinski definition) is 4. The Hall–Kier alpha value is -0.870. The molecule has 2 fully saturated rings. The fraction of sp³-hybridized carbons (Fsp3) is 0.708. The minimum absolute atomic E-state index is 0. The maximum absolute atomic E-state index is 12.3. The summed E-state index contributed by atoms with van der Waals surface area (Å²) in [5, 5.41) is 7.37. The van der Waals surface area contributed by atoms with Gasteiger partial charge < -0.3 is 15.5 Å². The zero-order valence-electron chi connectivity index (χ0n) is 20.0. The molecule has 8 heteroatoms. The van der Waals surface area contributed by atoms with E-state index in [-0.39, 0.29) is 24.0 Å². The zero-order chi connectivity index (χ0) is 22.1. The lowest BCUT2D eigenvalue weighted by Crippen LogP contribution is -2.51. The van der Waals surface area contributed by atoms with E-state index in [0.29, 0.717) is 17.3 Å². The molecule has 0 radical (unpaired) electrons. The lowest BCUT2D eigenvalue weighted by molar-refractivity contribution is 0.201.